The van der Waals surface area contributed by atoms with Crippen LogP contribution in [-0.2, 0) is 11.2 Å². The number of aromatic hydroxyl groups is 1. The Kier molecular flexibility index (Phi) is 5.78. The second-order valence-corrected chi connectivity index (χ2v) is 5.14. The molecule has 0 aliphatic carbocycles. The quantitative estimate of drug-likeness (QED) is 0.630. The second-order valence-electron chi connectivity index (χ2n) is 5.14. The molecule has 0 bridgehead atoms. The molecule has 0 atom stereocenters. The minimum Gasteiger partial charge on any atom is -0.508 e. The molecule has 0 saturated carbocycles. The predicted molar refractivity (Wildman–Crippen MR) is 91.8 cm³/mol. The van der Waals surface area contributed by atoms with Gasteiger partial charge in [0, 0.05) is 11.6 Å². The molecule has 24 heavy (non-hydrogen) atoms. The minimum atomic E-state index is -0.236. The fraction of sp³-hybridized carbons (Fsp3) is 0.222. The van der Waals surface area contributed by atoms with E-state index in [-0.39, 0.29) is 18.1 Å². The van der Waals surface area contributed by atoms with E-state index in [4.69, 9.17) is 9.47 Å². The monoisotopic (exact) mass is 328 g/mol. The van der Waals surface area contributed by atoms with Crippen LogP contribution in [0.5, 0.6) is 17.2 Å². The molecule has 0 aliphatic heterocycles. The SMILES string of the molecule is COc1cc(O)ccc1/C=N/NC(=O)Cc1cccc(OC)c1C. The molecule has 126 valence electrons. The first-order valence-corrected chi connectivity index (χ1v) is 7.36. The molecule has 0 aromatic heterocycles. The van der Waals surface area contributed by atoms with E-state index in [1.807, 2.05) is 25.1 Å². The highest BCUT2D eigenvalue weighted by molar-refractivity contribution is 5.86. The topological polar surface area (TPSA) is 80.2 Å². The molecule has 0 aliphatic rings. The number of nitrogens with zero attached hydrogens (tertiary/aromatic N) is 1. The van der Waals surface area contributed by atoms with Crippen LogP contribution in [0.3, 0.4) is 0 Å². The molecule has 2 N–H and O–H groups in total. The van der Waals surface area contributed by atoms with Crippen molar-refractivity contribution >= 4 is 12.1 Å². The maximum atomic E-state index is 12.0. The summed E-state index contributed by atoms with van der Waals surface area (Å²) >= 11 is 0. The maximum absolute atomic E-state index is 12.0. The van der Waals surface area contributed by atoms with Crippen molar-refractivity contribution in [3.8, 4) is 17.2 Å². The van der Waals surface area contributed by atoms with E-state index in [1.54, 1.807) is 13.2 Å². The summed E-state index contributed by atoms with van der Waals surface area (Å²) in [6, 6.07) is 10.2. The average Bonchev–Trinajstić information content (AvgIpc) is 2.58. The molecule has 0 unspecified atom stereocenters. The van der Waals surface area contributed by atoms with Gasteiger partial charge in [-0.05, 0) is 36.2 Å². The van der Waals surface area contributed by atoms with Crippen molar-refractivity contribution in [2.45, 2.75) is 13.3 Å². The second kappa shape index (κ2) is 8.01. The van der Waals surface area contributed by atoms with Crippen molar-refractivity contribution in [3.05, 3.63) is 53.1 Å². The highest BCUT2D eigenvalue weighted by atomic mass is 16.5. The van der Waals surface area contributed by atoms with E-state index in [1.165, 1.54) is 25.5 Å². The van der Waals surface area contributed by atoms with Gasteiger partial charge in [0.2, 0.25) is 5.91 Å². The van der Waals surface area contributed by atoms with Gasteiger partial charge in [0.05, 0.1) is 26.9 Å². The number of methoxy groups -OCH3 is 2. The van der Waals surface area contributed by atoms with Gasteiger partial charge in [-0.1, -0.05) is 12.1 Å². The molecular formula is C18H20N2O4. The highest BCUT2D eigenvalue weighted by Gasteiger charge is 2.08. The fourth-order valence-corrected chi connectivity index (χ4v) is 2.27. The predicted octanol–water partition coefficient (Wildman–Crippen LogP) is 2.41. The number of carbonyl (C=O) groups excluding carboxylic acids is 1. The minimum absolute atomic E-state index is 0.0986. The van der Waals surface area contributed by atoms with Crippen molar-refractivity contribution in [2.75, 3.05) is 14.2 Å². The fourth-order valence-electron chi connectivity index (χ4n) is 2.27. The molecule has 6 nitrogen and oxygen atoms in total. The Morgan fingerprint density at radius 2 is 1.96 bits per heavy atom. The molecule has 0 heterocycles. The average molecular weight is 328 g/mol. The number of nitrogens with one attached hydrogen (secondary N) is 1. The van der Waals surface area contributed by atoms with E-state index in [0.717, 1.165) is 16.9 Å². The molecule has 2 aromatic carbocycles. The number of carbonyl (C=O) groups is 1. The van der Waals surface area contributed by atoms with Gasteiger partial charge in [-0.15, -0.1) is 0 Å². The molecule has 0 radical (unpaired) electrons. The molecule has 2 aromatic rings. The number of benzene rings is 2. The summed E-state index contributed by atoms with van der Waals surface area (Å²) in [7, 11) is 3.10. The smallest absolute Gasteiger partial charge is 0.244 e. The van der Waals surface area contributed by atoms with Crippen molar-refractivity contribution < 1.29 is 19.4 Å². The summed E-state index contributed by atoms with van der Waals surface area (Å²) in [5.74, 6) is 1.08. The molecule has 0 fully saturated rings. The van der Waals surface area contributed by atoms with Crippen LogP contribution in [0.1, 0.15) is 16.7 Å². The van der Waals surface area contributed by atoms with Gasteiger partial charge < -0.3 is 14.6 Å². The zero-order valence-electron chi connectivity index (χ0n) is 13.9. The Labute approximate surface area is 140 Å². The van der Waals surface area contributed by atoms with Crippen molar-refractivity contribution in [2.24, 2.45) is 5.10 Å². The number of amides is 1. The normalized spacial score (nSPS) is 10.6. The standard InChI is InChI=1S/C18H20N2O4/c1-12-13(5-4-6-16(12)23-2)9-18(22)20-19-11-14-7-8-15(21)10-17(14)24-3/h4-8,10-11,21H,9H2,1-3H3,(H,20,22)/b19-11+. The number of hydrogen-bond acceptors (Lipinski definition) is 5. The van der Waals surface area contributed by atoms with Crippen molar-refractivity contribution in [3.63, 3.8) is 0 Å². The van der Waals surface area contributed by atoms with Crippen LogP contribution in [0, 0.1) is 6.92 Å². The van der Waals surface area contributed by atoms with Gasteiger partial charge in [0.25, 0.3) is 0 Å². The summed E-state index contributed by atoms with van der Waals surface area (Å²) in [5, 5.41) is 13.3. The molecule has 2 rings (SSSR count). The molecule has 1 amide bonds. The summed E-state index contributed by atoms with van der Waals surface area (Å²) in [6.45, 7) is 1.91. The van der Waals surface area contributed by atoms with Crippen LogP contribution in [-0.4, -0.2) is 31.4 Å². The van der Waals surface area contributed by atoms with E-state index in [0.29, 0.717) is 11.3 Å². The summed E-state index contributed by atoms with van der Waals surface area (Å²) in [4.78, 5) is 12.0. The summed E-state index contributed by atoms with van der Waals surface area (Å²) in [6.07, 6.45) is 1.67. The molecule has 0 spiro atoms. The van der Waals surface area contributed by atoms with Gasteiger partial charge in [-0.25, -0.2) is 5.43 Å². The lowest BCUT2D eigenvalue weighted by atomic mass is 10.0. The third kappa shape index (κ3) is 4.25. The van der Waals surface area contributed by atoms with Crippen LogP contribution in [0.4, 0.5) is 0 Å². The van der Waals surface area contributed by atoms with Crippen LogP contribution < -0.4 is 14.9 Å². The van der Waals surface area contributed by atoms with E-state index in [2.05, 4.69) is 10.5 Å². The van der Waals surface area contributed by atoms with Gasteiger partial charge in [-0.2, -0.15) is 5.10 Å². The number of hydrazone groups is 1. The van der Waals surface area contributed by atoms with Gasteiger partial charge >= 0.3 is 0 Å². The van der Waals surface area contributed by atoms with E-state index >= 15 is 0 Å². The first-order chi connectivity index (χ1) is 11.5. The molecule has 6 heteroatoms. The number of rotatable bonds is 6. The van der Waals surface area contributed by atoms with Crippen LogP contribution in [0.15, 0.2) is 41.5 Å². The molecule has 0 saturated heterocycles. The number of hydrogen-bond donors (Lipinski definition) is 2. The third-order valence-electron chi connectivity index (χ3n) is 3.58. The summed E-state index contributed by atoms with van der Waals surface area (Å²) in [5.41, 5.74) is 4.94. The van der Waals surface area contributed by atoms with Crippen LogP contribution in [0.25, 0.3) is 0 Å². The largest absolute Gasteiger partial charge is 0.508 e. The lowest BCUT2D eigenvalue weighted by molar-refractivity contribution is -0.120. The van der Waals surface area contributed by atoms with Gasteiger partial charge in [0.1, 0.15) is 17.2 Å². The lowest BCUT2D eigenvalue weighted by Crippen LogP contribution is -2.20. The van der Waals surface area contributed by atoms with Gasteiger partial charge in [0.15, 0.2) is 0 Å². The summed E-state index contributed by atoms with van der Waals surface area (Å²) < 4.78 is 10.4. The first-order valence-electron chi connectivity index (χ1n) is 7.36. The van der Waals surface area contributed by atoms with Crippen LogP contribution >= 0.6 is 0 Å². The maximum Gasteiger partial charge on any atom is 0.244 e. The Balaban J connectivity index is 2.01. The zero-order valence-corrected chi connectivity index (χ0v) is 13.9. The Hall–Kier alpha value is -3.02. The third-order valence-corrected chi connectivity index (χ3v) is 3.58. The van der Waals surface area contributed by atoms with E-state index < -0.39 is 0 Å². The van der Waals surface area contributed by atoms with Crippen molar-refractivity contribution in [1.82, 2.24) is 5.43 Å². The number of phenols is 1. The van der Waals surface area contributed by atoms with E-state index in [9.17, 15) is 9.90 Å². The Morgan fingerprint density at radius 1 is 1.21 bits per heavy atom. The zero-order chi connectivity index (χ0) is 17.5. The van der Waals surface area contributed by atoms with Gasteiger partial charge in [-0.3, -0.25) is 4.79 Å². The lowest BCUT2D eigenvalue weighted by Gasteiger charge is -2.09. The Morgan fingerprint density at radius 3 is 2.67 bits per heavy atom. The number of ether oxygens (including phenoxy) is 2. The Bertz CT molecular complexity index is 757. The van der Waals surface area contributed by atoms with Crippen molar-refractivity contribution in [1.29, 1.82) is 0 Å². The van der Waals surface area contributed by atoms with Crippen LogP contribution in [0.2, 0.25) is 0 Å². The first kappa shape index (κ1) is 17.3. The number of phenolic OH excluding ortho intramolecular Hbond substituents is 1. The highest BCUT2D eigenvalue weighted by Crippen LogP contribution is 2.22. The molecular weight excluding hydrogens is 308 g/mol.